The fraction of sp³-hybridized carbons (Fsp3) is 0.238. The molecule has 104 valence electrons. The van der Waals surface area contributed by atoms with Crippen LogP contribution in [0.25, 0.3) is 32.3 Å². The van der Waals surface area contributed by atoms with Crippen LogP contribution in [0.15, 0.2) is 48.5 Å². The summed E-state index contributed by atoms with van der Waals surface area (Å²) in [5.74, 6) is 0. The van der Waals surface area contributed by atoms with Crippen LogP contribution in [0.2, 0.25) is 0 Å². The highest BCUT2D eigenvalue weighted by molar-refractivity contribution is 6.23. The normalized spacial score (nSPS) is 12.8. The van der Waals surface area contributed by atoms with Crippen LogP contribution in [-0.2, 0) is 5.41 Å². The molecule has 4 rings (SSSR count). The Morgan fingerprint density at radius 3 is 1.90 bits per heavy atom. The summed E-state index contributed by atoms with van der Waals surface area (Å²) < 4.78 is 0. The molecule has 0 spiro atoms. The Balaban J connectivity index is 2.26. The van der Waals surface area contributed by atoms with E-state index in [1.165, 1.54) is 43.4 Å². The van der Waals surface area contributed by atoms with Crippen molar-refractivity contribution in [1.29, 1.82) is 0 Å². The number of aryl methyl sites for hydroxylation is 1. The lowest BCUT2D eigenvalue weighted by Gasteiger charge is -2.21. The highest BCUT2D eigenvalue weighted by Crippen LogP contribution is 2.38. The molecule has 0 fully saturated rings. The van der Waals surface area contributed by atoms with Gasteiger partial charge < -0.3 is 0 Å². The second-order valence-electron chi connectivity index (χ2n) is 7.21. The molecule has 0 amide bonds. The maximum absolute atomic E-state index is 2.36. The largest absolute Gasteiger partial charge is 0.0581 e. The Morgan fingerprint density at radius 2 is 1.24 bits per heavy atom. The van der Waals surface area contributed by atoms with Gasteiger partial charge in [-0.25, -0.2) is 0 Å². The molecule has 0 atom stereocenters. The average molecular weight is 272 g/mol. The van der Waals surface area contributed by atoms with E-state index < -0.39 is 0 Å². The molecule has 0 heterocycles. The molecule has 0 aliphatic carbocycles. The van der Waals surface area contributed by atoms with E-state index >= 15 is 0 Å². The Labute approximate surface area is 125 Å². The Kier molecular flexibility index (Phi) is 2.39. The van der Waals surface area contributed by atoms with Crippen molar-refractivity contribution in [1.82, 2.24) is 0 Å². The van der Waals surface area contributed by atoms with E-state index in [-0.39, 0.29) is 5.41 Å². The molecule has 0 aliphatic heterocycles. The topological polar surface area (TPSA) is 0 Å². The zero-order chi connectivity index (χ0) is 14.8. The van der Waals surface area contributed by atoms with E-state index in [1.54, 1.807) is 0 Å². The zero-order valence-electron chi connectivity index (χ0n) is 13.1. The van der Waals surface area contributed by atoms with Crippen molar-refractivity contribution < 1.29 is 0 Å². The highest BCUT2D eigenvalue weighted by atomic mass is 14.2. The van der Waals surface area contributed by atoms with Crippen LogP contribution in [0.5, 0.6) is 0 Å². The highest BCUT2D eigenvalue weighted by Gasteiger charge is 2.17. The number of benzene rings is 4. The van der Waals surface area contributed by atoms with E-state index in [0.717, 1.165) is 0 Å². The van der Waals surface area contributed by atoms with E-state index in [4.69, 9.17) is 0 Å². The van der Waals surface area contributed by atoms with Crippen molar-refractivity contribution in [2.24, 2.45) is 0 Å². The molecule has 4 aromatic rings. The van der Waals surface area contributed by atoms with Crippen LogP contribution in [0.4, 0.5) is 0 Å². The van der Waals surface area contributed by atoms with Gasteiger partial charge in [-0.15, -0.1) is 0 Å². The maximum Gasteiger partial charge on any atom is -0.00241 e. The molecule has 0 nitrogen and oxygen atoms in total. The van der Waals surface area contributed by atoms with Crippen molar-refractivity contribution in [3.8, 4) is 0 Å². The van der Waals surface area contributed by atoms with Gasteiger partial charge in [0, 0.05) is 0 Å². The number of hydrogen-bond acceptors (Lipinski definition) is 0. The lowest BCUT2D eigenvalue weighted by atomic mass is 9.83. The predicted octanol–water partition coefficient (Wildman–Crippen LogP) is 6.19. The van der Waals surface area contributed by atoms with Gasteiger partial charge in [0.2, 0.25) is 0 Å². The van der Waals surface area contributed by atoms with Crippen molar-refractivity contribution in [3.63, 3.8) is 0 Å². The third-order valence-electron chi connectivity index (χ3n) is 4.68. The Morgan fingerprint density at radius 1 is 0.667 bits per heavy atom. The first kappa shape index (κ1) is 12.6. The van der Waals surface area contributed by atoms with E-state index in [0.29, 0.717) is 0 Å². The fourth-order valence-corrected chi connectivity index (χ4v) is 3.40. The molecule has 0 unspecified atom stereocenters. The maximum atomic E-state index is 2.36. The van der Waals surface area contributed by atoms with Gasteiger partial charge in [0.1, 0.15) is 0 Å². The summed E-state index contributed by atoms with van der Waals surface area (Å²) in [5, 5.41) is 8.29. The van der Waals surface area contributed by atoms with Gasteiger partial charge in [-0.1, -0.05) is 69.3 Å². The van der Waals surface area contributed by atoms with Gasteiger partial charge in [-0.2, -0.15) is 0 Å². The van der Waals surface area contributed by atoms with Crippen molar-refractivity contribution in [3.05, 3.63) is 59.7 Å². The summed E-state index contributed by atoms with van der Waals surface area (Å²) in [5.41, 5.74) is 2.95. The van der Waals surface area contributed by atoms with Gasteiger partial charge in [-0.05, 0) is 55.8 Å². The molecule has 4 aromatic carbocycles. The molecule has 0 heteroatoms. The van der Waals surface area contributed by atoms with E-state index in [1.807, 2.05) is 0 Å². The summed E-state index contributed by atoms with van der Waals surface area (Å²) in [6.45, 7) is 9.05. The third kappa shape index (κ3) is 1.75. The molecule has 0 saturated carbocycles. The minimum absolute atomic E-state index is 0.181. The van der Waals surface area contributed by atoms with Gasteiger partial charge >= 0.3 is 0 Å². The molecule has 0 N–H and O–H groups in total. The van der Waals surface area contributed by atoms with Gasteiger partial charge in [0.25, 0.3) is 0 Å². The Hall–Kier alpha value is -2.08. The third-order valence-corrected chi connectivity index (χ3v) is 4.68. The van der Waals surface area contributed by atoms with Crippen LogP contribution in [0, 0.1) is 6.92 Å². The van der Waals surface area contributed by atoms with Crippen molar-refractivity contribution in [2.45, 2.75) is 33.1 Å². The van der Waals surface area contributed by atoms with Gasteiger partial charge in [0.15, 0.2) is 0 Å². The molecule has 0 bridgehead atoms. The molecule has 0 saturated heterocycles. The summed E-state index contributed by atoms with van der Waals surface area (Å²) in [4.78, 5) is 0. The Bertz CT molecular complexity index is 949. The second kappa shape index (κ2) is 3.98. The zero-order valence-corrected chi connectivity index (χ0v) is 13.1. The molecular weight excluding hydrogens is 252 g/mol. The van der Waals surface area contributed by atoms with Crippen LogP contribution < -0.4 is 0 Å². The molecule has 0 aromatic heterocycles. The lowest BCUT2D eigenvalue weighted by molar-refractivity contribution is 0.591. The minimum Gasteiger partial charge on any atom is -0.0581 e. The van der Waals surface area contributed by atoms with Crippen LogP contribution in [0.3, 0.4) is 0 Å². The fourth-order valence-electron chi connectivity index (χ4n) is 3.40. The number of hydrogen-bond donors (Lipinski definition) is 0. The molecule has 0 radical (unpaired) electrons. The SMILES string of the molecule is Cc1ccc2ccc3cc(C(C)(C)C)cc4ccc1c2c34. The monoisotopic (exact) mass is 272 g/mol. The number of rotatable bonds is 0. The standard InChI is InChI=1S/C21H20/c1-13-5-6-14-7-8-15-11-17(21(2,3)4)12-16-9-10-18(13)20(14)19(15)16/h5-12H,1-4H3. The first-order valence-corrected chi connectivity index (χ1v) is 7.64. The average Bonchev–Trinajstić information content (AvgIpc) is 2.45. The predicted molar refractivity (Wildman–Crippen MR) is 93.6 cm³/mol. The van der Waals surface area contributed by atoms with Crippen LogP contribution in [-0.4, -0.2) is 0 Å². The van der Waals surface area contributed by atoms with Crippen LogP contribution in [0.1, 0.15) is 31.9 Å². The smallest absolute Gasteiger partial charge is 0.00241 e. The van der Waals surface area contributed by atoms with Crippen molar-refractivity contribution in [2.75, 3.05) is 0 Å². The summed E-state index contributed by atoms with van der Waals surface area (Å²) in [7, 11) is 0. The van der Waals surface area contributed by atoms with Gasteiger partial charge in [0.05, 0.1) is 0 Å². The molecule has 21 heavy (non-hydrogen) atoms. The molecule has 0 aliphatic rings. The summed E-state index contributed by atoms with van der Waals surface area (Å²) >= 11 is 0. The summed E-state index contributed by atoms with van der Waals surface area (Å²) in [6.07, 6.45) is 0. The van der Waals surface area contributed by atoms with Gasteiger partial charge in [-0.3, -0.25) is 0 Å². The van der Waals surface area contributed by atoms with Crippen molar-refractivity contribution >= 4 is 32.3 Å². The van der Waals surface area contributed by atoms with Crippen LogP contribution >= 0.6 is 0 Å². The quantitative estimate of drug-likeness (QED) is 0.335. The lowest BCUT2D eigenvalue weighted by Crippen LogP contribution is -2.10. The second-order valence-corrected chi connectivity index (χ2v) is 7.21. The first-order valence-electron chi connectivity index (χ1n) is 7.64. The van der Waals surface area contributed by atoms with E-state index in [9.17, 15) is 0 Å². The molecular formula is C21H20. The minimum atomic E-state index is 0.181. The first-order chi connectivity index (χ1) is 9.95. The van der Waals surface area contributed by atoms with E-state index in [2.05, 4.69) is 76.2 Å². The summed E-state index contributed by atoms with van der Waals surface area (Å²) in [6, 6.07) is 18.3.